The lowest BCUT2D eigenvalue weighted by atomic mass is 10.2. The number of hydrogen-bond acceptors (Lipinski definition) is 3. The molecule has 0 atom stereocenters. The molecule has 0 aromatic heterocycles. The number of halogens is 2. The summed E-state index contributed by atoms with van der Waals surface area (Å²) in [5.74, 6) is -0.378. The number of benzene rings is 2. The number of carbonyl (C=O) groups is 2. The molecule has 1 N–H and O–H groups in total. The molecule has 1 aliphatic heterocycles. The Morgan fingerprint density at radius 3 is 2.57 bits per heavy atom. The van der Waals surface area contributed by atoms with Gasteiger partial charge in [-0.1, -0.05) is 41.4 Å². The molecule has 0 radical (unpaired) electrons. The second-order valence-corrected chi connectivity index (χ2v) is 5.69. The minimum absolute atomic E-state index is 0.0197. The fraction of sp³-hybridized carbons (Fsp3) is 0.0625. The summed E-state index contributed by atoms with van der Waals surface area (Å²) in [6.45, 7) is 0. The van der Waals surface area contributed by atoms with Crippen LogP contribution in [0.25, 0.3) is 0 Å². The zero-order valence-corrected chi connectivity index (χ0v) is 13.3. The van der Waals surface area contributed by atoms with E-state index in [9.17, 15) is 9.59 Å². The number of nitrogens with zero attached hydrogens (tertiary/aromatic N) is 2. The van der Waals surface area contributed by atoms with Crippen molar-refractivity contribution in [1.82, 2.24) is 5.32 Å². The first-order valence-corrected chi connectivity index (χ1v) is 7.52. The molecule has 2 aromatic rings. The van der Waals surface area contributed by atoms with E-state index in [0.717, 1.165) is 0 Å². The summed E-state index contributed by atoms with van der Waals surface area (Å²) >= 11 is 11.8. The molecule has 1 aliphatic rings. The fourth-order valence-electron chi connectivity index (χ4n) is 2.14. The highest BCUT2D eigenvalue weighted by molar-refractivity contribution is 6.37. The van der Waals surface area contributed by atoms with Gasteiger partial charge >= 0.3 is 0 Å². The second kappa shape index (κ2) is 6.40. The Kier molecular flexibility index (Phi) is 4.32. The van der Waals surface area contributed by atoms with Crippen LogP contribution in [0.5, 0.6) is 0 Å². The molecule has 7 heteroatoms. The van der Waals surface area contributed by atoms with E-state index < -0.39 is 5.91 Å². The van der Waals surface area contributed by atoms with Crippen LogP contribution in [0.2, 0.25) is 10.0 Å². The number of anilines is 1. The van der Waals surface area contributed by atoms with Crippen molar-refractivity contribution in [2.45, 2.75) is 6.42 Å². The molecular formula is C16H11Cl2N3O2. The number of para-hydroxylation sites is 1. The summed E-state index contributed by atoms with van der Waals surface area (Å²) in [5.41, 5.74) is 0.913. The maximum absolute atomic E-state index is 12.2. The van der Waals surface area contributed by atoms with Crippen LogP contribution < -0.4 is 10.3 Å². The van der Waals surface area contributed by atoms with E-state index in [2.05, 4.69) is 10.4 Å². The minimum atomic E-state index is -0.437. The molecule has 3 rings (SSSR count). The number of amidine groups is 1. The lowest BCUT2D eigenvalue weighted by Crippen LogP contribution is -2.29. The van der Waals surface area contributed by atoms with Gasteiger partial charge in [-0.25, -0.2) is 0 Å². The standard InChI is InChI=1S/C16H11Cl2N3O2/c17-10-6-7-12(13(18)8-10)16(23)19-14-9-15(22)21(20-14)11-4-2-1-3-5-11/h1-8H,9H2,(H,19,20,23). The van der Waals surface area contributed by atoms with Crippen molar-refractivity contribution < 1.29 is 9.59 Å². The number of nitrogens with one attached hydrogen (secondary N) is 1. The third-order valence-electron chi connectivity index (χ3n) is 3.21. The van der Waals surface area contributed by atoms with E-state index in [0.29, 0.717) is 10.7 Å². The van der Waals surface area contributed by atoms with Gasteiger partial charge in [0.05, 0.1) is 22.7 Å². The minimum Gasteiger partial charge on any atom is -0.308 e. The van der Waals surface area contributed by atoms with Gasteiger partial charge in [0.25, 0.3) is 11.8 Å². The van der Waals surface area contributed by atoms with E-state index >= 15 is 0 Å². The van der Waals surface area contributed by atoms with Crippen molar-refractivity contribution in [2.24, 2.45) is 5.10 Å². The molecule has 1 heterocycles. The zero-order chi connectivity index (χ0) is 16.4. The Morgan fingerprint density at radius 2 is 1.87 bits per heavy atom. The first-order valence-electron chi connectivity index (χ1n) is 6.76. The highest BCUT2D eigenvalue weighted by Gasteiger charge is 2.26. The van der Waals surface area contributed by atoms with Crippen LogP contribution in [-0.4, -0.2) is 17.6 Å². The Balaban J connectivity index is 1.78. The van der Waals surface area contributed by atoms with Crippen LogP contribution in [0.15, 0.2) is 53.6 Å². The molecule has 0 saturated carbocycles. The van der Waals surface area contributed by atoms with Gasteiger partial charge in [-0.15, -0.1) is 0 Å². The van der Waals surface area contributed by atoms with Gasteiger partial charge in [0.1, 0.15) is 5.84 Å². The molecule has 5 nitrogen and oxygen atoms in total. The van der Waals surface area contributed by atoms with Gasteiger partial charge < -0.3 is 5.32 Å². The van der Waals surface area contributed by atoms with E-state index in [-0.39, 0.29) is 28.7 Å². The molecule has 0 unspecified atom stereocenters. The van der Waals surface area contributed by atoms with Crippen molar-refractivity contribution in [2.75, 3.05) is 5.01 Å². The molecule has 2 amide bonds. The Hall–Kier alpha value is -2.37. The molecule has 0 bridgehead atoms. The third-order valence-corrected chi connectivity index (χ3v) is 3.76. The van der Waals surface area contributed by atoms with Crippen molar-refractivity contribution in [3.8, 4) is 0 Å². The maximum Gasteiger partial charge on any atom is 0.258 e. The van der Waals surface area contributed by atoms with Crippen LogP contribution in [0, 0.1) is 0 Å². The van der Waals surface area contributed by atoms with Gasteiger partial charge in [0.2, 0.25) is 0 Å². The summed E-state index contributed by atoms with van der Waals surface area (Å²) in [4.78, 5) is 24.3. The SMILES string of the molecule is O=C(NC1=NN(c2ccccc2)C(=O)C1)c1ccc(Cl)cc1Cl. The maximum atomic E-state index is 12.2. The molecule has 23 heavy (non-hydrogen) atoms. The van der Waals surface area contributed by atoms with Gasteiger partial charge in [-0.2, -0.15) is 10.1 Å². The second-order valence-electron chi connectivity index (χ2n) is 4.84. The quantitative estimate of drug-likeness (QED) is 0.903. The van der Waals surface area contributed by atoms with Gasteiger partial charge in [0, 0.05) is 5.02 Å². The summed E-state index contributed by atoms with van der Waals surface area (Å²) in [5, 5.41) is 8.70. The van der Waals surface area contributed by atoms with Crippen molar-refractivity contribution in [1.29, 1.82) is 0 Å². The van der Waals surface area contributed by atoms with Crippen molar-refractivity contribution in [3.05, 3.63) is 64.1 Å². The average molecular weight is 348 g/mol. The molecule has 0 aliphatic carbocycles. The third kappa shape index (κ3) is 3.36. The van der Waals surface area contributed by atoms with Gasteiger partial charge in [-0.3, -0.25) is 9.59 Å². The highest BCUT2D eigenvalue weighted by Crippen LogP contribution is 2.22. The van der Waals surface area contributed by atoms with Gasteiger partial charge in [0.15, 0.2) is 0 Å². The normalized spacial score (nSPS) is 13.9. The van der Waals surface area contributed by atoms with Crippen molar-refractivity contribution in [3.63, 3.8) is 0 Å². The van der Waals surface area contributed by atoms with Crippen LogP contribution in [0.1, 0.15) is 16.8 Å². The molecule has 0 spiro atoms. The predicted molar refractivity (Wildman–Crippen MR) is 89.9 cm³/mol. The molecule has 116 valence electrons. The summed E-state index contributed by atoms with van der Waals surface area (Å²) in [6, 6.07) is 13.6. The summed E-state index contributed by atoms with van der Waals surface area (Å²) < 4.78 is 0. The van der Waals surface area contributed by atoms with Crippen LogP contribution in [0.3, 0.4) is 0 Å². The van der Waals surface area contributed by atoms with E-state index in [1.165, 1.54) is 17.1 Å². The number of carbonyl (C=O) groups excluding carboxylic acids is 2. The fourth-order valence-corrected chi connectivity index (χ4v) is 2.64. The van der Waals surface area contributed by atoms with Crippen LogP contribution >= 0.6 is 23.2 Å². The van der Waals surface area contributed by atoms with Crippen LogP contribution in [0.4, 0.5) is 5.69 Å². The smallest absolute Gasteiger partial charge is 0.258 e. The Morgan fingerprint density at radius 1 is 1.13 bits per heavy atom. The number of hydrazone groups is 1. The largest absolute Gasteiger partial charge is 0.308 e. The van der Waals surface area contributed by atoms with E-state index in [1.54, 1.807) is 18.2 Å². The Labute approximate surface area is 142 Å². The highest BCUT2D eigenvalue weighted by atomic mass is 35.5. The first kappa shape index (κ1) is 15.5. The number of rotatable bonds is 2. The Bertz CT molecular complexity index is 806. The van der Waals surface area contributed by atoms with E-state index in [4.69, 9.17) is 23.2 Å². The zero-order valence-electron chi connectivity index (χ0n) is 11.8. The number of amides is 2. The van der Waals surface area contributed by atoms with Gasteiger partial charge in [-0.05, 0) is 30.3 Å². The number of hydrogen-bond donors (Lipinski definition) is 1. The van der Waals surface area contributed by atoms with E-state index in [1.807, 2.05) is 18.2 Å². The molecule has 2 aromatic carbocycles. The lowest BCUT2D eigenvalue weighted by Gasteiger charge is -2.10. The first-order chi connectivity index (χ1) is 11.0. The van der Waals surface area contributed by atoms with Crippen LogP contribution in [-0.2, 0) is 4.79 Å². The molecular weight excluding hydrogens is 337 g/mol. The lowest BCUT2D eigenvalue weighted by molar-refractivity contribution is -0.116. The molecule has 0 saturated heterocycles. The monoisotopic (exact) mass is 347 g/mol. The predicted octanol–water partition coefficient (Wildman–Crippen LogP) is 3.47. The summed E-state index contributed by atoms with van der Waals surface area (Å²) in [7, 11) is 0. The molecule has 0 fully saturated rings. The summed E-state index contributed by atoms with van der Waals surface area (Å²) in [6.07, 6.45) is 0.0197. The average Bonchev–Trinajstić information content (AvgIpc) is 2.88. The topological polar surface area (TPSA) is 61.8 Å². The van der Waals surface area contributed by atoms with Crippen molar-refractivity contribution >= 4 is 46.5 Å².